The largest absolute Gasteiger partial charge is 0.350 e. The third-order valence-electron chi connectivity index (χ3n) is 4.30. The Morgan fingerprint density at radius 2 is 1.93 bits per heavy atom. The number of halogens is 2. The highest BCUT2D eigenvalue weighted by atomic mass is 35.5. The van der Waals surface area contributed by atoms with E-state index < -0.39 is 11.7 Å². The average Bonchev–Trinajstić information content (AvgIpc) is 3.16. The first-order valence-electron chi connectivity index (χ1n) is 8.72. The summed E-state index contributed by atoms with van der Waals surface area (Å²) in [5, 5.41) is 12.9. The summed E-state index contributed by atoms with van der Waals surface area (Å²) in [5.74, 6) is -1.38. The Morgan fingerprint density at radius 3 is 2.63 bits per heavy atom. The first kappa shape index (κ1) is 20.9. The fourth-order valence-corrected chi connectivity index (χ4v) is 2.90. The zero-order valence-electron chi connectivity index (χ0n) is 14.8. The number of rotatable bonds is 6. The van der Waals surface area contributed by atoms with E-state index in [2.05, 4.69) is 21.0 Å². The molecular weight excluding hydrogens is 373 g/mol. The topological polar surface area (TPSA) is 88.0 Å². The quantitative estimate of drug-likeness (QED) is 0.647. The van der Waals surface area contributed by atoms with Crippen LogP contribution in [0.2, 0.25) is 0 Å². The van der Waals surface area contributed by atoms with Crippen molar-refractivity contribution in [2.75, 3.05) is 26.2 Å². The molecule has 1 saturated heterocycles. The molecule has 1 aliphatic rings. The predicted octanol–water partition coefficient (Wildman–Crippen LogP) is 1.53. The van der Waals surface area contributed by atoms with Crippen molar-refractivity contribution in [3.8, 4) is 0 Å². The van der Waals surface area contributed by atoms with E-state index in [-0.39, 0.29) is 43.0 Å². The monoisotopic (exact) mass is 395 g/mol. The van der Waals surface area contributed by atoms with E-state index in [4.69, 9.17) is 0 Å². The highest BCUT2D eigenvalue weighted by Crippen LogP contribution is 2.15. The molecular formula is C18H23ClFN5O2. The maximum atomic E-state index is 13.5. The summed E-state index contributed by atoms with van der Waals surface area (Å²) in [6, 6.07) is 7.71. The van der Waals surface area contributed by atoms with Crippen LogP contribution in [0, 0.1) is 5.82 Å². The smallest absolute Gasteiger partial charge is 0.271 e. The lowest BCUT2D eigenvalue weighted by atomic mass is 10.1. The van der Waals surface area contributed by atoms with Crippen molar-refractivity contribution < 1.29 is 14.0 Å². The van der Waals surface area contributed by atoms with E-state index in [0.29, 0.717) is 5.69 Å². The average molecular weight is 396 g/mol. The van der Waals surface area contributed by atoms with E-state index in [1.165, 1.54) is 18.2 Å². The van der Waals surface area contributed by atoms with Crippen LogP contribution in [0.1, 0.15) is 39.7 Å². The van der Waals surface area contributed by atoms with E-state index in [9.17, 15) is 14.0 Å². The number of aromatic nitrogens is 2. The van der Waals surface area contributed by atoms with Crippen LogP contribution in [0.4, 0.5) is 4.39 Å². The molecule has 1 fully saturated rings. The highest BCUT2D eigenvalue weighted by Gasteiger charge is 2.17. The van der Waals surface area contributed by atoms with Crippen LogP contribution in [0.5, 0.6) is 0 Å². The van der Waals surface area contributed by atoms with Gasteiger partial charge in [-0.15, -0.1) is 12.4 Å². The number of piperidine rings is 1. The first-order valence-corrected chi connectivity index (χ1v) is 8.72. The van der Waals surface area contributed by atoms with Crippen LogP contribution in [-0.2, 0) is 0 Å². The van der Waals surface area contributed by atoms with Gasteiger partial charge in [0, 0.05) is 25.8 Å². The van der Waals surface area contributed by atoms with Gasteiger partial charge in [-0.25, -0.2) is 4.39 Å². The zero-order valence-corrected chi connectivity index (χ0v) is 15.6. The Labute approximate surface area is 163 Å². The fraction of sp³-hybridized carbons (Fsp3) is 0.389. The number of hydrogen-bond acceptors (Lipinski definition) is 4. The lowest BCUT2D eigenvalue weighted by molar-refractivity contribution is 0.0922. The molecule has 1 unspecified atom stereocenters. The van der Waals surface area contributed by atoms with Gasteiger partial charge in [0.25, 0.3) is 11.8 Å². The SMILES string of the molecule is Cl.O=C(NCCNC(=O)c1ccccc1F)c1ccn(C2CCCNC2)n1. The van der Waals surface area contributed by atoms with Gasteiger partial charge in [0.05, 0.1) is 11.6 Å². The molecule has 2 amide bonds. The molecule has 0 aliphatic carbocycles. The molecule has 2 aromatic rings. The van der Waals surface area contributed by atoms with Crippen LogP contribution in [0.15, 0.2) is 36.5 Å². The Hall–Kier alpha value is -2.45. The van der Waals surface area contributed by atoms with Crippen LogP contribution in [-0.4, -0.2) is 47.8 Å². The molecule has 1 aromatic carbocycles. The second kappa shape index (κ2) is 10.0. The van der Waals surface area contributed by atoms with Crippen molar-refractivity contribution in [2.45, 2.75) is 18.9 Å². The van der Waals surface area contributed by atoms with Gasteiger partial charge >= 0.3 is 0 Å². The molecule has 9 heteroatoms. The lowest BCUT2D eigenvalue weighted by Crippen LogP contribution is -2.35. The van der Waals surface area contributed by atoms with Gasteiger partial charge in [0.15, 0.2) is 0 Å². The number of benzene rings is 1. The van der Waals surface area contributed by atoms with Gasteiger partial charge in [-0.2, -0.15) is 5.10 Å². The summed E-state index contributed by atoms with van der Waals surface area (Å²) in [5.41, 5.74) is 0.328. The third-order valence-corrected chi connectivity index (χ3v) is 4.30. The first-order chi connectivity index (χ1) is 12.6. The van der Waals surface area contributed by atoms with E-state index in [1.54, 1.807) is 12.1 Å². The van der Waals surface area contributed by atoms with Gasteiger partial charge in [0.2, 0.25) is 0 Å². The molecule has 146 valence electrons. The van der Waals surface area contributed by atoms with E-state index in [1.807, 2.05) is 10.9 Å². The maximum absolute atomic E-state index is 13.5. The van der Waals surface area contributed by atoms with Gasteiger partial charge < -0.3 is 16.0 Å². The van der Waals surface area contributed by atoms with Crippen LogP contribution < -0.4 is 16.0 Å². The van der Waals surface area contributed by atoms with Gasteiger partial charge in [0.1, 0.15) is 11.5 Å². The predicted molar refractivity (Wildman–Crippen MR) is 102 cm³/mol. The van der Waals surface area contributed by atoms with Crippen LogP contribution in [0.25, 0.3) is 0 Å². The normalized spacial score (nSPS) is 16.3. The van der Waals surface area contributed by atoms with E-state index in [0.717, 1.165) is 25.9 Å². The van der Waals surface area contributed by atoms with Crippen molar-refractivity contribution in [1.29, 1.82) is 0 Å². The third kappa shape index (κ3) is 5.51. The molecule has 1 aliphatic heterocycles. The molecule has 0 bridgehead atoms. The van der Waals surface area contributed by atoms with Gasteiger partial charge in [-0.1, -0.05) is 12.1 Å². The molecule has 1 aromatic heterocycles. The molecule has 7 nitrogen and oxygen atoms in total. The van der Waals surface area contributed by atoms with Crippen LogP contribution >= 0.6 is 12.4 Å². The van der Waals surface area contributed by atoms with Gasteiger partial charge in [-0.3, -0.25) is 14.3 Å². The van der Waals surface area contributed by atoms with Crippen molar-refractivity contribution in [3.05, 3.63) is 53.6 Å². The number of nitrogens with zero attached hydrogens (tertiary/aromatic N) is 2. The van der Waals surface area contributed by atoms with Gasteiger partial charge in [-0.05, 0) is 37.6 Å². The van der Waals surface area contributed by atoms with Crippen molar-refractivity contribution in [1.82, 2.24) is 25.7 Å². The molecule has 27 heavy (non-hydrogen) atoms. The number of amides is 2. The summed E-state index contributed by atoms with van der Waals surface area (Å²) in [7, 11) is 0. The maximum Gasteiger partial charge on any atom is 0.271 e. The molecule has 2 heterocycles. The highest BCUT2D eigenvalue weighted by molar-refractivity contribution is 5.94. The number of hydrogen-bond donors (Lipinski definition) is 3. The Morgan fingerprint density at radius 1 is 1.19 bits per heavy atom. The minimum atomic E-state index is -0.572. The summed E-state index contributed by atoms with van der Waals surface area (Å²) in [4.78, 5) is 24.0. The standard InChI is InChI=1S/C18H22FN5O2.ClH/c19-15-6-2-1-5-14(15)17(25)21-9-10-22-18(26)16-7-11-24(23-16)13-4-3-8-20-12-13;/h1-2,5-7,11,13,20H,3-4,8-10,12H2,(H,21,25)(H,22,26);1H. The van der Waals surface area contributed by atoms with E-state index >= 15 is 0 Å². The lowest BCUT2D eigenvalue weighted by Gasteiger charge is -2.22. The fourth-order valence-electron chi connectivity index (χ4n) is 2.90. The Bertz CT molecular complexity index is 777. The molecule has 1 atom stereocenters. The summed E-state index contributed by atoms with van der Waals surface area (Å²) in [6.45, 7) is 2.30. The molecule has 0 spiro atoms. The summed E-state index contributed by atoms with van der Waals surface area (Å²) >= 11 is 0. The van der Waals surface area contributed by atoms with Crippen molar-refractivity contribution in [2.24, 2.45) is 0 Å². The summed E-state index contributed by atoms with van der Waals surface area (Å²) < 4.78 is 15.3. The van der Waals surface area contributed by atoms with Crippen molar-refractivity contribution >= 4 is 24.2 Å². The zero-order chi connectivity index (χ0) is 18.4. The number of nitrogens with one attached hydrogen (secondary N) is 3. The number of carbonyl (C=O) groups excluding carboxylic acids is 2. The molecule has 3 N–H and O–H groups in total. The second-order valence-electron chi connectivity index (χ2n) is 6.17. The second-order valence-corrected chi connectivity index (χ2v) is 6.17. The Kier molecular flexibility index (Phi) is 7.75. The minimum absolute atomic E-state index is 0. The molecule has 0 saturated carbocycles. The van der Waals surface area contributed by atoms with Crippen LogP contribution in [0.3, 0.4) is 0 Å². The molecule has 3 rings (SSSR count). The minimum Gasteiger partial charge on any atom is -0.350 e. The summed E-state index contributed by atoms with van der Waals surface area (Å²) in [6.07, 6.45) is 3.94. The number of carbonyl (C=O) groups is 2. The Balaban J connectivity index is 0.00000261. The van der Waals surface area contributed by atoms with Crippen molar-refractivity contribution in [3.63, 3.8) is 0 Å². The molecule has 0 radical (unpaired) electrons.